The van der Waals surface area contributed by atoms with Crippen molar-refractivity contribution in [3.63, 3.8) is 0 Å². The number of hydrogen-bond acceptors (Lipinski definition) is 5. The Morgan fingerprint density at radius 1 is 1.32 bits per heavy atom. The molecule has 0 spiro atoms. The van der Waals surface area contributed by atoms with Gasteiger partial charge in [-0.15, -0.1) is 0 Å². The molecule has 1 aromatic rings. The van der Waals surface area contributed by atoms with Gasteiger partial charge in [-0.05, 0) is 12.8 Å². The quantitative estimate of drug-likeness (QED) is 0.661. The second-order valence-corrected chi connectivity index (χ2v) is 6.38. The van der Waals surface area contributed by atoms with Crippen LogP contribution in [-0.2, 0) is 24.1 Å². The fourth-order valence-electron chi connectivity index (χ4n) is 1.93. The standard InChI is InChI=1S/C10H15N3O5S/c1-12-5-8(9(15)13(2)10(12)16)19(17,18)11-6-3-7(14)4-6/h5-7,11,14H,3-4H2,1-2H3. The van der Waals surface area contributed by atoms with E-state index >= 15 is 0 Å². The van der Waals surface area contributed by atoms with Crippen molar-refractivity contribution in [2.24, 2.45) is 14.1 Å². The molecule has 0 aliphatic heterocycles. The van der Waals surface area contributed by atoms with Crippen LogP contribution in [0.5, 0.6) is 0 Å². The molecule has 1 aliphatic rings. The van der Waals surface area contributed by atoms with E-state index in [1.807, 2.05) is 0 Å². The van der Waals surface area contributed by atoms with Crippen LogP contribution in [0.3, 0.4) is 0 Å². The van der Waals surface area contributed by atoms with Crippen LogP contribution in [0, 0.1) is 0 Å². The Morgan fingerprint density at radius 2 is 1.89 bits per heavy atom. The van der Waals surface area contributed by atoms with Gasteiger partial charge in [-0.2, -0.15) is 0 Å². The Morgan fingerprint density at radius 3 is 2.42 bits per heavy atom. The van der Waals surface area contributed by atoms with Crippen LogP contribution in [-0.4, -0.2) is 34.8 Å². The van der Waals surface area contributed by atoms with Crippen molar-refractivity contribution in [3.8, 4) is 0 Å². The highest BCUT2D eigenvalue weighted by atomic mass is 32.2. The van der Waals surface area contributed by atoms with Gasteiger partial charge >= 0.3 is 5.69 Å². The molecule has 0 atom stereocenters. The molecule has 0 saturated heterocycles. The molecule has 2 rings (SSSR count). The molecular weight excluding hydrogens is 274 g/mol. The molecule has 1 aromatic heterocycles. The molecule has 0 amide bonds. The van der Waals surface area contributed by atoms with Crippen LogP contribution in [0.15, 0.2) is 20.7 Å². The molecule has 9 heteroatoms. The average molecular weight is 289 g/mol. The first-order valence-electron chi connectivity index (χ1n) is 5.69. The van der Waals surface area contributed by atoms with Gasteiger partial charge in [-0.3, -0.25) is 9.36 Å². The van der Waals surface area contributed by atoms with Crippen molar-refractivity contribution in [1.29, 1.82) is 0 Å². The Balaban J connectivity index is 2.41. The molecule has 1 aliphatic carbocycles. The maximum atomic E-state index is 12.1. The van der Waals surface area contributed by atoms with Gasteiger partial charge < -0.3 is 9.67 Å². The van der Waals surface area contributed by atoms with Gasteiger partial charge in [0.1, 0.15) is 0 Å². The second-order valence-electron chi connectivity index (χ2n) is 4.69. The van der Waals surface area contributed by atoms with Crippen molar-refractivity contribution in [1.82, 2.24) is 13.9 Å². The lowest BCUT2D eigenvalue weighted by Crippen LogP contribution is -2.49. The van der Waals surface area contributed by atoms with Gasteiger partial charge in [-0.25, -0.2) is 17.9 Å². The molecule has 0 radical (unpaired) electrons. The lowest BCUT2D eigenvalue weighted by molar-refractivity contribution is 0.0712. The monoisotopic (exact) mass is 289 g/mol. The Labute approximate surface area is 109 Å². The molecule has 1 fully saturated rings. The third-order valence-corrected chi connectivity index (χ3v) is 4.64. The van der Waals surface area contributed by atoms with Crippen LogP contribution < -0.4 is 16.0 Å². The van der Waals surface area contributed by atoms with E-state index in [9.17, 15) is 18.0 Å². The summed E-state index contributed by atoms with van der Waals surface area (Å²) in [6, 6.07) is -0.373. The van der Waals surface area contributed by atoms with Gasteiger partial charge in [0.15, 0.2) is 4.90 Å². The van der Waals surface area contributed by atoms with E-state index < -0.39 is 32.3 Å². The highest BCUT2D eigenvalue weighted by Crippen LogP contribution is 2.21. The summed E-state index contributed by atoms with van der Waals surface area (Å²) in [5.74, 6) is 0. The van der Waals surface area contributed by atoms with E-state index in [1.165, 1.54) is 14.1 Å². The van der Waals surface area contributed by atoms with Crippen LogP contribution >= 0.6 is 0 Å². The third kappa shape index (κ3) is 2.48. The molecule has 1 heterocycles. The Bertz CT molecular complexity index is 712. The third-order valence-electron chi connectivity index (χ3n) is 3.14. The highest BCUT2D eigenvalue weighted by molar-refractivity contribution is 7.89. The second kappa shape index (κ2) is 4.58. The zero-order valence-corrected chi connectivity index (χ0v) is 11.3. The highest BCUT2D eigenvalue weighted by Gasteiger charge is 2.32. The number of aliphatic hydroxyl groups is 1. The summed E-state index contributed by atoms with van der Waals surface area (Å²) in [5.41, 5.74) is -1.46. The Hall–Kier alpha value is -1.45. The number of rotatable bonds is 3. The summed E-state index contributed by atoms with van der Waals surface area (Å²) in [6.45, 7) is 0. The van der Waals surface area contributed by atoms with E-state index in [2.05, 4.69) is 4.72 Å². The fourth-order valence-corrected chi connectivity index (χ4v) is 3.35. The summed E-state index contributed by atoms with van der Waals surface area (Å²) >= 11 is 0. The van der Waals surface area contributed by atoms with E-state index in [1.54, 1.807) is 0 Å². The van der Waals surface area contributed by atoms with E-state index in [4.69, 9.17) is 5.11 Å². The van der Waals surface area contributed by atoms with Crippen LogP contribution in [0.1, 0.15) is 12.8 Å². The fraction of sp³-hybridized carbons (Fsp3) is 0.600. The molecule has 0 aromatic carbocycles. The zero-order chi connectivity index (χ0) is 14.4. The number of nitrogens with zero attached hydrogens (tertiary/aromatic N) is 2. The average Bonchev–Trinajstić information content (AvgIpc) is 2.28. The molecule has 19 heavy (non-hydrogen) atoms. The van der Waals surface area contributed by atoms with E-state index in [0.717, 1.165) is 15.3 Å². The lowest BCUT2D eigenvalue weighted by Gasteiger charge is -2.31. The topological polar surface area (TPSA) is 110 Å². The van der Waals surface area contributed by atoms with Crippen LogP contribution in [0.4, 0.5) is 0 Å². The van der Waals surface area contributed by atoms with Crippen LogP contribution in [0.2, 0.25) is 0 Å². The van der Waals surface area contributed by atoms with Crippen molar-refractivity contribution in [2.45, 2.75) is 29.9 Å². The predicted octanol–water partition coefficient (Wildman–Crippen LogP) is -2.11. The molecular formula is C10H15N3O5S. The van der Waals surface area contributed by atoms with Crippen molar-refractivity contribution >= 4 is 10.0 Å². The summed E-state index contributed by atoms with van der Waals surface area (Å²) in [5, 5.41) is 9.12. The van der Waals surface area contributed by atoms with Gasteiger partial charge in [0.2, 0.25) is 10.0 Å². The summed E-state index contributed by atoms with van der Waals surface area (Å²) in [7, 11) is -1.40. The van der Waals surface area contributed by atoms with Gasteiger partial charge in [0, 0.05) is 26.3 Å². The summed E-state index contributed by atoms with van der Waals surface area (Å²) in [6.07, 6.45) is 1.15. The Kier molecular flexibility index (Phi) is 3.37. The number of aliphatic hydroxyl groups excluding tert-OH is 1. The number of aryl methyl sites for hydroxylation is 1. The maximum Gasteiger partial charge on any atom is 0.330 e. The first kappa shape index (κ1) is 14.0. The lowest BCUT2D eigenvalue weighted by atomic mass is 9.91. The number of sulfonamides is 1. The van der Waals surface area contributed by atoms with Crippen LogP contribution in [0.25, 0.3) is 0 Å². The molecule has 8 nitrogen and oxygen atoms in total. The minimum atomic E-state index is -3.99. The number of aromatic nitrogens is 2. The molecule has 1 saturated carbocycles. The van der Waals surface area contributed by atoms with Gasteiger partial charge in [0.25, 0.3) is 5.56 Å². The molecule has 0 bridgehead atoms. The van der Waals surface area contributed by atoms with E-state index in [-0.39, 0.29) is 6.04 Å². The SMILES string of the molecule is Cn1cc(S(=O)(=O)NC2CC(O)C2)c(=O)n(C)c1=O. The summed E-state index contributed by atoms with van der Waals surface area (Å²) < 4.78 is 28.2. The minimum absolute atomic E-state index is 0.325. The van der Waals surface area contributed by atoms with Crippen molar-refractivity contribution < 1.29 is 13.5 Å². The smallest absolute Gasteiger partial charge is 0.330 e. The first-order valence-corrected chi connectivity index (χ1v) is 7.17. The minimum Gasteiger partial charge on any atom is -0.393 e. The zero-order valence-electron chi connectivity index (χ0n) is 10.5. The number of hydrogen-bond donors (Lipinski definition) is 2. The molecule has 0 unspecified atom stereocenters. The first-order chi connectivity index (χ1) is 8.72. The van der Waals surface area contributed by atoms with Gasteiger partial charge in [0.05, 0.1) is 6.10 Å². The van der Waals surface area contributed by atoms with Crippen molar-refractivity contribution in [3.05, 3.63) is 27.0 Å². The van der Waals surface area contributed by atoms with E-state index in [0.29, 0.717) is 12.8 Å². The number of nitrogens with one attached hydrogen (secondary N) is 1. The summed E-state index contributed by atoms with van der Waals surface area (Å²) in [4.78, 5) is 22.8. The maximum absolute atomic E-state index is 12.1. The largest absolute Gasteiger partial charge is 0.393 e. The molecule has 2 N–H and O–H groups in total. The van der Waals surface area contributed by atoms with Gasteiger partial charge in [-0.1, -0.05) is 0 Å². The predicted molar refractivity (Wildman–Crippen MR) is 66.3 cm³/mol. The molecule has 106 valence electrons. The normalized spacial score (nSPS) is 23.1. The van der Waals surface area contributed by atoms with Crippen molar-refractivity contribution in [2.75, 3.05) is 0 Å².